The van der Waals surface area contributed by atoms with Crippen LogP contribution in [0, 0.1) is 13.8 Å². The highest BCUT2D eigenvalue weighted by Crippen LogP contribution is 2.19. The number of hydrogen-bond acceptors (Lipinski definition) is 25. The van der Waals surface area contributed by atoms with Crippen LogP contribution in [-0.4, -0.2) is 147 Å². The number of carbonyl (C=O) groups excluding carboxylic acids is 1. The molecule has 0 fully saturated rings. The summed E-state index contributed by atoms with van der Waals surface area (Å²) < 4.78 is 17.4. The first-order chi connectivity index (χ1) is 34.3. The van der Waals surface area contributed by atoms with Crippen molar-refractivity contribution in [2.24, 2.45) is 12.8 Å². The van der Waals surface area contributed by atoms with Gasteiger partial charge in [0.05, 0.1) is 39.4 Å². The van der Waals surface area contributed by atoms with Gasteiger partial charge in [0.2, 0.25) is 17.8 Å². The summed E-state index contributed by atoms with van der Waals surface area (Å²) in [6, 6.07) is 0. The van der Waals surface area contributed by atoms with Crippen molar-refractivity contribution in [1.82, 2.24) is 120 Å². The Morgan fingerprint density at radius 2 is 1.44 bits per heavy atom. The molecule has 0 spiro atoms. The lowest BCUT2D eigenvalue weighted by atomic mass is 10.3. The Morgan fingerprint density at radius 3 is 1.69 bits per heavy atom. The average Bonchev–Trinajstić information content (AvgIpc) is 4.20. The molecular weight excluding hydrogens is 931 g/mol. The first-order valence-electron chi connectivity index (χ1n) is 19.5. The zero-order chi connectivity index (χ0) is 52.9. The molecule has 35 heteroatoms. The Labute approximate surface area is 404 Å². The van der Waals surface area contributed by atoms with Gasteiger partial charge in [-0.05, 0) is 13.8 Å². The Kier molecular flexibility index (Phi) is 33.8. The number of methoxy groups -OCH3 is 2. The fourth-order valence-electron chi connectivity index (χ4n) is 3.50. The number of aryl methyl sites for hydroxylation is 3. The van der Waals surface area contributed by atoms with Crippen molar-refractivity contribution in [3.8, 4) is 11.8 Å². The van der Waals surface area contributed by atoms with E-state index in [-0.39, 0.29) is 11.9 Å². The number of nitrogens with zero attached hydrogens (tertiary/aromatic N) is 16. The van der Waals surface area contributed by atoms with E-state index in [9.17, 15) is 4.79 Å². The molecule has 0 radical (unpaired) electrons. The van der Waals surface area contributed by atoms with Crippen molar-refractivity contribution in [2.75, 3.05) is 48.7 Å². The quantitative estimate of drug-likeness (QED) is 0.0420. The van der Waals surface area contributed by atoms with Gasteiger partial charge in [-0.15, -0.1) is 28.5 Å². The number of nitrogens with one attached hydrogen (secondary N) is 8. The predicted molar refractivity (Wildman–Crippen MR) is 260 cm³/mol. The molecule has 1 atom stereocenters. The molecule has 10 rings (SSSR count). The van der Waals surface area contributed by atoms with Crippen LogP contribution >= 0.6 is 0 Å². The lowest BCUT2D eigenvalue weighted by Gasteiger charge is -2.06. The number of rotatable bonds is 6. The number of nitrogen functional groups attached to an aromatic ring is 6. The van der Waals surface area contributed by atoms with Gasteiger partial charge in [-0.25, -0.2) is 49.8 Å². The Balaban J connectivity index is 0.000000769. The smallest absolute Gasteiger partial charge is 0.294 e. The van der Waals surface area contributed by atoms with E-state index in [1.165, 1.54) is 49.0 Å². The molecule has 0 bridgehead atoms. The van der Waals surface area contributed by atoms with Gasteiger partial charge < -0.3 is 78.2 Å². The molecule has 35 nitrogen and oxygen atoms in total. The fraction of sp³-hybridized carbons (Fsp3) is 0.194. The molecule has 0 saturated heterocycles. The van der Waals surface area contributed by atoms with E-state index in [0.717, 1.165) is 17.3 Å². The second kappa shape index (κ2) is 39.7. The maximum Gasteiger partial charge on any atom is 0.294 e. The van der Waals surface area contributed by atoms with E-state index >= 15 is 0 Å². The second-order valence-corrected chi connectivity index (χ2v) is 11.7. The zero-order valence-corrected chi connectivity index (χ0v) is 39.3. The van der Waals surface area contributed by atoms with Crippen LogP contribution in [0.25, 0.3) is 0 Å². The van der Waals surface area contributed by atoms with Crippen LogP contribution in [0.4, 0.5) is 29.6 Å². The lowest BCUT2D eigenvalue weighted by Crippen LogP contribution is -2.25. The van der Waals surface area contributed by atoms with Crippen LogP contribution in [0.3, 0.4) is 0 Å². The molecule has 0 aliphatic carbocycles. The highest BCUT2D eigenvalue weighted by molar-refractivity contribution is 5.37. The van der Waals surface area contributed by atoms with Crippen molar-refractivity contribution < 1.29 is 19.0 Å². The number of carbonyl (C=O) groups is 1. The second-order valence-electron chi connectivity index (χ2n) is 11.7. The summed E-state index contributed by atoms with van der Waals surface area (Å²) in [5.74, 6) is 9.99. The highest BCUT2D eigenvalue weighted by atomic mass is 16.5. The summed E-state index contributed by atoms with van der Waals surface area (Å²) >= 11 is 0. The summed E-state index contributed by atoms with van der Waals surface area (Å²) in [6.45, 7) is 10.2. The minimum atomic E-state index is -0.590. The van der Waals surface area contributed by atoms with Gasteiger partial charge in [-0.2, -0.15) is 20.2 Å². The third-order valence-electron chi connectivity index (χ3n) is 6.63. The monoisotopic (exact) mass is 992 g/mol. The zero-order valence-electron chi connectivity index (χ0n) is 39.3. The lowest BCUT2D eigenvalue weighted by molar-refractivity contribution is -0.133. The van der Waals surface area contributed by atoms with Crippen LogP contribution in [0.1, 0.15) is 17.3 Å². The number of aromatic nitrogens is 24. The summed E-state index contributed by atoms with van der Waals surface area (Å²) in [6.07, 6.45) is 25.3. The van der Waals surface area contributed by atoms with E-state index < -0.39 is 6.23 Å². The van der Waals surface area contributed by atoms with Gasteiger partial charge in [0, 0.05) is 62.5 Å². The molecule has 384 valence electrons. The first kappa shape index (κ1) is 60.4. The predicted octanol–water partition coefficient (Wildman–Crippen LogP) is -0.778. The molecule has 10 aromatic heterocycles. The van der Waals surface area contributed by atoms with E-state index in [1.807, 2.05) is 31.7 Å². The largest absolute Gasteiger partial charge is 0.478 e. The van der Waals surface area contributed by atoms with Gasteiger partial charge in [0.1, 0.15) is 49.1 Å². The van der Waals surface area contributed by atoms with E-state index in [0.29, 0.717) is 42.4 Å². The van der Waals surface area contributed by atoms with Crippen LogP contribution < -0.4 is 49.7 Å². The number of anilines is 5. The Morgan fingerprint density at radius 1 is 0.732 bits per heavy atom. The SMILES string of the molecule is C=C.COc1nc[nH]c1OC.Cc1ncc[nH]1.Cc1nccn1C.NC(Cc1cnc[nH]1)OC=O.Nc1cnc[nH]1.Nc1n[nH]c(N)n1.Nc1ncc[nH]1.Nc1ncn[nH]1.Nn1cnnc1.c1nc[nH]n1. The number of aromatic amines is 8. The maximum absolute atomic E-state index is 9.82. The van der Waals surface area contributed by atoms with Gasteiger partial charge in [0.25, 0.3) is 18.2 Å². The first-order valence-corrected chi connectivity index (χ1v) is 19.5. The minimum Gasteiger partial charge on any atom is -0.478 e. The summed E-state index contributed by atoms with van der Waals surface area (Å²) in [5, 5.41) is 24.5. The normalized spacial score (nSPS) is 9.21. The van der Waals surface area contributed by atoms with Crippen LogP contribution in [0.2, 0.25) is 0 Å². The van der Waals surface area contributed by atoms with Crippen LogP contribution in [0.5, 0.6) is 11.8 Å². The summed E-state index contributed by atoms with van der Waals surface area (Å²) in [5.41, 5.74) is 31.7. The summed E-state index contributed by atoms with van der Waals surface area (Å²) in [4.78, 5) is 56.9. The number of nitrogens with two attached hydrogens (primary N) is 7. The molecule has 0 amide bonds. The van der Waals surface area contributed by atoms with Crippen molar-refractivity contribution in [3.63, 3.8) is 0 Å². The number of hydrogen-bond donors (Lipinski definition) is 15. The molecule has 22 N–H and O–H groups in total. The third kappa shape index (κ3) is 33.5. The van der Waals surface area contributed by atoms with Crippen LogP contribution in [-0.2, 0) is 23.0 Å². The van der Waals surface area contributed by atoms with Crippen molar-refractivity contribution in [2.45, 2.75) is 26.5 Å². The standard InChI is InChI=1S/C6H9N3O2.C5H8N2O2.C5H8N2.C4H6N2.2C3H5N3.C2H5N5.2C2H4N4.C2H3N3.C2H4/c7-6(11-4-10)1-5-2-8-3-9-5;1-8-4-5(9-2)7-3-6-4;1-5-6-3-4-7(5)2;1-4-5-2-3-6-4;4-3-1-5-2-6-3;4-3-5-1-2-6-3;3-1-5-2(4)7-6-1;3-6-1-4-5-2-6;3-2-4-1-5-6-2;1-3-2-5-4-1;1-2/h2-4,6H,1,7H2,(H,8,9);3H,1-2H3,(H,6,7);3-4H,1-2H3;2-3H,1H3,(H,5,6);1-2H,4H2,(H,5,6);1-2H,(H3,4,5,6);(H5,3,4,5,6,7);1-2H,3H2;1H,(H3,3,4,5,6);1-2H,(H,3,4,5);1-2H2. The summed E-state index contributed by atoms with van der Waals surface area (Å²) in [7, 11) is 5.07. The molecular formula is C36H61N31O4. The third-order valence-corrected chi connectivity index (χ3v) is 6.63. The molecule has 0 saturated carbocycles. The van der Waals surface area contributed by atoms with Crippen molar-refractivity contribution in [1.29, 1.82) is 0 Å². The molecule has 0 aliphatic heterocycles. The maximum atomic E-state index is 9.82. The molecule has 1 unspecified atom stereocenters. The van der Waals surface area contributed by atoms with Crippen molar-refractivity contribution in [3.05, 3.63) is 131 Å². The molecule has 10 aromatic rings. The van der Waals surface area contributed by atoms with Gasteiger partial charge in [-0.1, -0.05) is 0 Å². The molecule has 0 aromatic carbocycles. The molecule has 71 heavy (non-hydrogen) atoms. The minimum absolute atomic E-state index is 0.178. The Hall–Kier alpha value is -10.6. The topological polar surface area (TPSA) is 544 Å². The van der Waals surface area contributed by atoms with E-state index in [2.05, 4.69) is 128 Å². The number of imidazole rings is 6. The average molecular weight is 992 g/mol. The van der Waals surface area contributed by atoms with Crippen molar-refractivity contribution >= 4 is 36.1 Å². The highest BCUT2D eigenvalue weighted by Gasteiger charge is 2.04. The fourth-order valence-corrected chi connectivity index (χ4v) is 3.50. The van der Waals surface area contributed by atoms with Gasteiger partial charge in [0.15, 0.2) is 12.2 Å². The van der Waals surface area contributed by atoms with Gasteiger partial charge in [-0.3, -0.25) is 15.6 Å². The van der Waals surface area contributed by atoms with Crippen LogP contribution in [0.15, 0.2) is 113 Å². The number of ether oxygens (including phenoxy) is 3. The van der Waals surface area contributed by atoms with E-state index in [4.69, 9.17) is 49.7 Å². The number of H-pyrrole nitrogens is 8. The Bertz CT molecular complexity index is 2280. The molecule has 10 heterocycles. The molecule has 0 aliphatic rings. The van der Waals surface area contributed by atoms with Gasteiger partial charge >= 0.3 is 0 Å². The van der Waals surface area contributed by atoms with E-state index in [1.54, 1.807) is 63.9 Å².